The van der Waals surface area contributed by atoms with Gasteiger partial charge in [-0.2, -0.15) is 9.29 Å². The molecular weight excluding hydrogens is 397 g/mol. The maximum absolute atomic E-state index is 14.1. The van der Waals surface area contributed by atoms with Crippen molar-refractivity contribution in [3.8, 4) is 17.1 Å². The fourth-order valence-corrected chi connectivity index (χ4v) is 5.02. The summed E-state index contributed by atoms with van der Waals surface area (Å²) in [4.78, 5) is 4.14. The van der Waals surface area contributed by atoms with Crippen LogP contribution < -0.4 is 4.74 Å². The Kier molecular flexibility index (Phi) is 5.33. The Balaban J connectivity index is 1.56. The first kappa shape index (κ1) is 19.5. The van der Waals surface area contributed by atoms with Crippen molar-refractivity contribution in [2.75, 3.05) is 20.2 Å². The molecule has 2 heterocycles. The lowest BCUT2D eigenvalue weighted by Gasteiger charge is -2.30. The van der Waals surface area contributed by atoms with Gasteiger partial charge in [0.05, 0.1) is 13.0 Å². The van der Waals surface area contributed by atoms with Gasteiger partial charge < -0.3 is 9.26 Å². The van der Waals surface area contributed by atoms with Crippen LogP contribution in [0.2, 0.25) is 0 Å². The van der Waals surface area contributed by atoms with Gasteiger partial charge in [-0.05, 0) is 37.1 Å². The second kappa shape index (κ2) is 7.92. The number of rotatable bonds is 5. The van der Waals surface area contributed by atoms with Crippen molar-refractivity contribution in [2.24, 2.45) is 0 Å². The molecule has 4 rings (SSSR count). The third-order valence-electron chi connectivity index (χ3n) is 4.96. The Morgan fingerprint density at radius 1 is 1.21 bits per heavy atom. The van der Waals surface area contributed by atoms with Crippen LogP contribution >= 0.6 is 0 Å². The van der Waals surface area contributed by atoms with Crippen LogP contribution in [0.25, 0.3) is 11.4 Å². The highest BCUT2D eigenvalue weighted by molar-refractivity contribution is 7.89. The normalized spacial score (nSPS) is 17.9. The van der Waals surface area contributed by atoms with E-state index in [4.69, 9.17) is 9.26 Å². The Bertz CT molecular complexity index is 1120. The Labute approximate surface area is 168 Å². The highest BCUT2D eigenvalue weighted by atomic mass is 32.2. The molecule has 0 radical (unpaired) electrons. The molecule has 152 valence electrons. The fraction of sp³-hybridized carbons (Fsp3) is 0.300. The summed E-state index contributed by atoms with van der Waals surface area (Å²) in [5, 5.41) is 4.03. The first-order chi connectivity index (χ1) is 14.0. The Hall–Kier alpha value is -2.78. The zero-order chi connectivity index (χ0) is 20.4. The summed E-state index contributed by atoms with van der Waals surface area (Å²) < 4.78 is 51.8. The first-order valence-corrected chi connectivity index (χ1v) is 10.7. The molecule has 7 nitrogen and oxygen atoms in total. The van der Waals surface area contributed by atoms with Crippen molar-refractivity contribution in [2.45, 2.75) is 23.7 Å². The minimum absolute atomic E-state index is 0.163. The average Bonchev–Trinajstić information content (AvgIpc) is 3.24. The van der Waals surface area contributed by atoms with Gasteiger partial charge in [0.1, 0.15) is 16.5 Å². The van der Waals surface area contributed by atoms with Crippen LogP contribution in [0, 0.1) is 5.82 Å². The topological polar surface area (TPSA) is 85.5 Å². The maximum Gasteiger partial charge on any atom is 0.246 e. The van der Waals surface area contributed by atoms with Gasteiger partial charge in [-0.1, -0.05) is 29.4 Å². The molecule has 29 heavy (non-hydrogen) atoms. The van der Waals surface area contributed by atoms with Gasteiger partial charge in [-0.3, -0.25) is 0 Å². The molecule has 1 aliphatic rings. The van der Waals surface area contributed by atoms with Gasteiger partial charge >= 0.3 is 0 Å². The first-order valence-electron chi connectivity index (χ1n) is 9.22. The molecule has 0 N–H and O–H groups in total. The van der Waals surface area contributed by atoms with Gasteiger partial charge in [0.15, 0.2) is 0 Å². The van der Waals surface area contributed by atoms with Crippen molar-refractivity contribution in [1.82, 2.24) is 14.4 Å². The minimum Gasteiger partial charge on any atom is -0.497 e. The van der Waals surface area contributed by atoms with E-state index in [1.165, 1.54) is 22.5 Å². The maximum atomic E-state index is 14.1. The van der Waals surface area contributed by atoms with Crippen LogP contribution in [-0.4, -0.2) is 43.1 Å². The number of nitrogens with zero attached hydrogens (tertiary/aromatic N) is 3. The third-order valence-corrected chi connectivity index (χ3v) is 6.86. The number of aromatic nitrogens is 2. The quantitative estimate of drug-likeness (QED) is 0.632. The van der Waals surface area contributed by atoms with Crippen molar-refractivity contribution in [1.29, 1.82) is 0 Å². The summed E-state index contributed by atoms with van der Waals surface area (Å²) in [5.74, 6) is 0.447. The molecule has 3 aromatic rings. The number of sulfonamides is 1. The highest BCUT2D eigenvalue weighted by Crippen LogP contribution is 2.31. The summed E-state index contributed by atoms with van der Waals surface area (Å²) >= 11 is 0. The second-order valence-corrected chi connectivity index (χ2v) is 8.73. The van der Waals surface area contributed by atoms with Crippen molar-refractivity contribution >= 4 is 10.0 Å². The van der Waals surface area contributed by atoms with Gasteiger partial charge in [-0.25, -0.2) is 12.8 Å². The molecule has 0 amide bonds. The van der Waals surface area contributed by atoms with Crippen LogP contribution in [0.1, 0.15) is 24.7 Å². The number of methoxy groups -OCH3 is 1. The highest BCUT2D eigenvalue weighted by Gasteiger charge is 2.34. The minimum atomic E-state index is -3.94. The lowest BCUT2D eigenvalue weighted by Crippen LogP contribution is -2.39. The standard InChI is InChI=1S/C20H20FN3O4S/c1-27-16-8-4-6-14(12-16)19-22-20(28-23-19)15-7-5-11-24(13-15)29(25,26)18-10-3-2-9-17(18)21/h2-4,6,8-10,12,15H,5,7,11,13H2,1H3. The molecule has 0 aliphatic carbocycles. The van der Waals surface area contributed by atoms with Crippen LogP contribution in [0.5, 0.6) is 5.75 Å². The van der Waals surface area contributed by atoms with Gasteiger partial charge in [-0.15, -0.1) is 0 Å². The van der Waals surface area contributed by atoms with Crippen molar-refractivity contribution < 1.29 is 22.1 Å². The summed E-state index contributed by atoms with van der Waals surface area (Å²) in [6.45, 7) is 0.487. The molecule has 1 fully saturated rings. The van der Waals surface area contributed by atoms with E-state index < -0.39 is 15.8 Å². The van der Waals surface area contributed by atoms with Crippen LogP contribution in [-0.2, 0) is 10.0 Å². The summed E-state index contributed by atoms with van der Waals surface area (Å²) in [6.07, 6.45) is 1.33. The summed E-state index contributed by atoms with van der Waals surface area (Å²) in [6, 6.07) is 12.7. The molecule has 0 saturated carbocycles. The molecule has 0 bridgehead atoms. The lowest BCUT2D eigenvalue weighted by molar-refractivity contribution is 0.265. The van der Waals surface area contributed by atoms with E-state index in [0.717, 1.165) is 11.6 Å². The molecule has 1 aliphatic heterocycles. The Morgan fingerprint density at radius 2 is 2.03 bits per heavy atom. The number of benzene rings is 2. The fourth-order valence-electron chi connectivity index (χ4n) is 3.44. The van der Waals surface area contributed by atoms with E-state index in [2.05, 4.69) is 10.1 Å². The van der Waals surface area contributed by atoms with Crippen LogP contribution in [0.3, 0.4) is 0 Å². The lowest BCUT2D eigenvalue weighted by atomic mass is 10.00. The third kappa shape index (κ3) is 3.88. The van der Waals surface area contributed by atoms with Crippen molar-refractivity contribution in [3.63, 3.8) is 0 Å². The second-order valence-electron chi connectivity index (χ2n) is 6.82. The molecule has 1 aromatic heterocycles. The molecule has 1 unspecified atom stereocenters. The van der Waals surface area contributed by atoms with Crippen LogP contribution in [0.15, 0.2) is 57.9 Å². The molecule has 2 aromatic carbocycles. The number of piperidine rings is 1. The zero-order valence-electron chi connectivity index (χ0n) is 15.8. The SMILES string of the molecule is COc1cccc(-c2noc(C3CCCN(S(=O)(=O)c4ccccc4F)C3)n2)c1. The Morgan fingerprint density at radius 3 is 2.83 bits per heavy atom. The predicted octanol–water partition coefficient (Wildman–Crippen LogP) is 3.45. The molecule has 0 spiro atoms. The smallest absolute Gasteiger partial charge is 0.246 e. The van der Waals surface area contributed by atoms with Crippen molar-refractivity contribution in [3.05, 3.63) is 60.2 Å². The molecular formula is C20H20FN3O4S. The number of hydrogen-bond acceptors (Lipinski definition) is 6. The predicted molar refractivity (Wildman–Crippen MR) is 103 cm³/mol. The monoisotopic (exact) mass is 417 g/mol. The zero-order valence-corrected chi connectivity index (χ0v) is 16.6. The van der Waals surface area contributed by atoms with Gasteiger partial charge in [0.25, 0.3) is 0 Å². The molecule has 1 atom stereocenters. The van der Waals surface area contributed by atoms with Gasteiger partial charge in [0, 0.05) is 18.7 Å². The molecule has 9 heteroatoms. The van der Waals surface area contributed by atoms with E-state index in [-0.39, 0.29) is 17.4 Å². The largest absolute Gasteiger partial charge is 0.497 e. The summed E-state index contributed by atoms with van der Waals surface area (Å²) in [7, 11) is -2.36. The number of ether oxygens (including phenoxy) is 1. The van der Waals surface area contributed by atoms with E-state index in [1.54, 1.807) is 13.2 Å². The average molecular weight is 417 g/mol. The van der Waals surface area contributed by atoms with Crippen LogP contribution in [0.4, 0.5) is 4.39 Å². The molecule has 1 saturated heterocycles. The number of halogens is 1. The van der Waals surface area contributed by atoms with E-state index in [0.29, 0.717) is 36.9 Å². The van der Waals surface area contributed by atoms with E-state index in [1.807, 2.05) is 18.2 Å². The van der Waals surface area contributed by atoms with Gasteiger partial charge in [0.2, 0.25) is 21.7 Å². The van der Waals surface area contributed by atoms with E-state index in [9.17, 15) is 12.8 Å². The summed E-state index contributed by atoms with van der Waals surface area (Å²) in [5.41, 5.74) is 0.742. The van der Waals surface area contributed by atoms with E-state index >= 15 is 0 Å². The number of hydrogen-bond donors (Lipinski definition) is 0.